The summed E-state index contributed by atoms with van der Waals surface area (Å²) in [4.78, 5) is 21.5. The SMILES string of the molecule is CSc1cc(C(=O)O)ccc1NS(=O)(=O)c1ccc(C)c([N+](=O)[O-])c1. The maximum absolute atomic E-state index is 12.5. The van der Waals surface area contributed by atoms with Gasteiger partial charge in [-0.05, 0) is 37.4 Å². The molecule has 2 aromatic rings. The van der Waals surface area contributed by atoms with Crippen molar-refractivity contribution in [1.29, 1.82) is 0 Å². The van der Waals surface area contributed by atoms with Gasteiger partial charge in [0, 0.05) is 16.5 Å². The number of nitrogens with one attached hydrogen (secondary N) is 1. The van der Waals surface area contributed by atoms with E-state index < -0.39 is 20.9 Å². The molecule has 0 aliphatic heterocycles. The summed E-state index contributed by atoms with van der Waals surface area (Å²) < 4.78 is 27.4. The fraction of sp³-hybridized carbons (Fsp3) is 0.133. The zero-order valence-corrected chi connectivity index (χ0v) is 14.8. The molecule has 2 aromatic carbocycles. The molecule has 0 heterocycles. The molecule has 0 amide bonds. The van der Waals surface area contributed by atoms with E-state index in [1.54, 1.807) is 6.26 Å². The summed E-state index contributed by atoms with van der Waals surface area (Å²) in [6, 6.07) is 7.59. The first-order chi connectivity index (χ1) is 11.7. The number of aromatic carboxylic acids is 1. The summed E-state index contributed by atoms with van der Waals surface area (Å²) in [6.45, 7) is 1.51. The monoisotopic (exact) mass is 382 g/mol. The van der Waals surface area contributed by atoms with Gasteiger partial charge in [-0.1, -0.05) is 6.07 Å². The number of hydrogen-bond acceptors (Lipinski definition) is 6. The quantitative estimate of drug-likeness (QED) is 0.446. The molecule has 8 nitrogen and oxygen atoms in total. The van der Waals surface area contributed by atoms with E-state index in [1.807, 2.05) is 0 Å². The van der Waals surface area contributed by atoms with Gasteiger partial charge < -0.3 is 5.11 Å². The second-order valence-electron chi connectivity index (χ2n) is 5.03. The van der Waals surface area contributed by atoms with Gasteiger partial charge in [0.1, 0.15) is 0 Å². The van der Waals surface area contributed by atoms with Crippen molar-refractivity contribution >= 4 is 39.1 Å². The van der Waals surface area contributed by atoms with Crippen LogP contribution in [-0.4, -0.2) is 30.7 Å². The normalized spacial score (nSPS) is 11.1. The molecule has 0 unspecified atom stereocenters. The molecule has 2 rings (SSSR count). The Morgan fingerprint density at radius 2 is 1.92 bits per heavy atom. The number of carboxylic acid groups (broad SMARTS) is 1. The summed E-state index contributed by atoms with van der Waals surface area (Å²) in [5, 5.41) is 20.0. The fourth-order valence-corrected chi connectivity index (χ4v) is 3.81. The standard InChI is InChI=1S/C15H14N2O6S2/c1-9-3-5-11(8-13(9)17(20)21)25(22,23)16-12-6-4-10(15(18)19)7-14(12)24-2/h3-8,16H,1-2H3,(H,18,19). The van der Waals surface area contributed by atoms with Crippen LogP contribution in [0.4, 0.5) is 11.4 Å². The zero-order valence-electron chi connectivity index (χ0n) is 13.2. The summed E-state index contributed by atoms with van der Waals surface area (Å²) in [5.74, 6) is -1.13. The Labute approximate surface area is 148 Å². The van der Waals surface area contributed by atoms with Crippen LogP contribution in [0.2, 0.25) is 0 Å². The molecule has 25 heavy (non-hydrogen) atoms. The van der Waals surface area contributed by atoms with Crippen molar-refractivity contribution in [2.24, 2.45) is 0 Å². The molecule has 10 heteroatoms. The van der Waals surface area contributed by atoms with Crippen LogP contribution < -0.4 is 4.72 Å². The van der Waals surface area contributed by atoms with Crippen molar-refractivity contribution in [2.75, 3.05) is 11.0 Å². The minimum absolute atomic E-state index is 0.0262. The third kappa shape index (κ3) is 4.09. The number of nitro benzene ring substituents is 1. The van der Waals surface area contributed by atoms with Crippen molar-refractivity contribution in [3.05, 3.63) is 57.6 Å². The molecule has 0 bridgehead atoms. The van der Waals surface area contributed by atoms with Gasteiger partial charge in [-0.25, -0.2) is 13.2 Å². The summed E-state index contributed by atoms with van der Waals surface area (Å²) in [5.41, 5.74) is 0.271. The average molecular weight is 382 g/mol. The first-order valence-electron chi connectivity index (χ1n) is 6.85. The second-order valence-corrected chi connectivity index (χ2v) is 7.56. The van der Waals surface area contributed by atoms with E-state index in [2.05, 4.69) is 4.72 Å². The number of carbonyl (C=O) groups is 1. The predicted molar refractivity (Wildman–Crippen MR) is 93.8 cm³/mol. The number of thioether (sulfide) groups is 1. The average Bonchev–Trinajstić information content (AvgIpc) is 2.54. The minimum Gasteiger partial charge on any atom is -0.478 e. The summed E-state index contributed by atoms with van der Waals surface area (Å²) in [6.07, 6.45) is 1.68. The highest BCUT2D eigenvalue weighted by Gasteiger charge is 2.21. The maximum Gasteiger partial charge on any atom is 0.335 e. The van der Waals surface area contributed by atoms with Gasteiger partial charge in [0.05, 0.1) is 21.1 Å². The summed E-state index contributed by atoms with van der Waals surface area (Å²) >= 11 is 1.17. The van der Waals surface area contributed by atoms with Crippen molar-refractivity contribution in [3.8, 4) is 0 Å². The van der Waals surface area contributed by atoms with E-state index in [-0.39, 0.29) is 21.8 Å². The van der Waals surface area contributed by atoms with Crippen LogP contribution in [0, 0.1) is 17.0 Å². The van der Waals surface area contributed by atoms with Crippen LogP contribution >= 0.6 is 11.8 Å². The van der Waals surface area contributed by atoms with Gasteiger partial charge >= 0.3 is 5.97 Å². The van der Waals surface area contributed by atoms with Gasteiger partial charge in [-0.2, -0.15) is 0 Å². The highest BCUT2D eigenvalue weighted by atomic mass is 32.2. The Kier molecular flexibility index (Phi) is 5.33. The van der Waals surface area contributed by atoms with Crippen molar-refractivity contribution < 1.29 is 23.2 Å². The topological polar surface area (TPSA) is 127 Å². The molecule has 0 saturated heterocycles. The van der Waals surface area contributed by atoms with E-state index >= 15 is 0 Å². The second kappa shape index (κ2) is 7.11. The third-order valence-electron chi connectivity index (χ3n) is 3.38. The Morgan fingerprint density at radius 1 is 1.24 bits per heavy atom. The minimum atomic E-state index is -4.07. The molecular formula is C15H14N2O6S2. The highest BCUT2D eigenvalue weighted by Crippen LogP contribution is 2.30. The van der Waals surface area contributed by atoms with Crippen LogP contribution in [0.25, 0.3) is 0 Å². The fourth-order valence-electron chi connectivity index (χ4n) is 2.07. The van der Waals surface area contributed by atoms with E-state index in [4.69, 9.17) is 5.11 Å². The third-order valence-corrected chi connectivity index (χ3v) is 5.52. The van der Waals surface area contributed by atoms with Crippen molar-refractivity contribution in [1.82, 2.24) is 0 Å². The summed E-state index contributed by atoms with van der Waals surface area (Å²) in [7, 11) is -4.07. The molecular weight excluding hydrogens is 368 g/mol. The lowest BCUT2D eigenvalue weighted by molar-refractivity contribution is -0.385. The van der Waals surface area contributed by atoms with Crippen molar-refractivity contribution in [3.63, 3.8) is 0 Å². The molecule has 0 aromatic heterocycles. The molecule has 0 saturated carbocycles. The van der Waals surface area contributed by atoms with E-state index in [0.29, 0.717) is 10.5 Å². The van der Waals surface area contributed by atoms with Crippen LogP contribution in [0.5, 0.6) is 0 Å². The Hall–Kier alpha value is -2.59. The number of aryl methyl sites for hydroxylation is 1. The van der Waals surface area contributed by atoms with Crippen LogP contribution in [0.1, 0.15) is 15.9 Å². The first kappa shape index (κ1) is 18.7. The zero-order chi connectivity index (χ0) is 18.8. The van der Waals surface area contributed by atoms with Gasteiger partial charge in [-0.3, -0.25) is 14.8 Å². The molecule has 0 aliphatic rings. The number of hydrogen-bond donors (Lipinski definition) is 2. The number of nitrogens with zero attached hydrogens (tertiary/aromatic N) is 1. The number of anilines is 1. The van der Waals surface area contributed by atoms with Gasteiger partial charge in [0.25, 0.3) is 15.7 Å². The number of benzene rings is 2. The van der Waals surface area contributed by atoms with Crippen LogP contribution in [0.3, 0.4) is 0 Å². The lowest BCUT2D eigenvalue weighted by atomic mass is 10.2. The van der Waals surface area contributed by atoms with Crippen molar-refractivity contribution in [2.45, 2.75) is 16.7 Å². The highest BCUT2D eigenvalue weighted by molar-refractivity contribution is 7.99. The molecule has 132 valence electrons. The van der Waals surface area contributed by atoms with Gasteiger partial charge in [0.15, 0.2) is 0 Å². The molecule has 0 spiro atoms. The number of rotatable bonds is 6. The lowest BCUT2D eigenvalue weighted by Gasteiger charge is -2.12. The number of carboxylic acids is 1. The van der Waals surface area contributed by atoms with Crippen LogP contribution in [0.15, 0.2) is 46.2 Å². The first-order valence-corrected chi connectivity index (χ1v) is 9.55. The van der Waals surface area contributed by atoms with Gasteiger partial charge in [0.2, 0.25) is 0 Å². The lowest BCUT2D eigenvalue weighted by Crippen LogP contribution is -2.14. The largest absolute Gasteiger partial charge is 0.478 e. The maximum atomic E-state index is 12.5. The van der Waals surface area contributed by atoms with Gasteiger partial charge in [-0.15, -0.1) is 11.8 Å². The van der Waals surface area contributed by atoms with E-state index in [9.17, 15) is 23.3 Å². The Bertz CT molecular complexity index is 956. The molecule has 0 radical (unpaired) electrons. The molecule has 2 N–H and O–H groups in total. The number of sulfonamides is 1. The number of nitro groups is 1. The van der Waals surface area contributed by atoms with E-state index in [0.717, 1.165) is 6.07 Å². The van der Waals surface area contributed by atoms with E-state index in [1.165, 1.54) is 49.0 Å². The smallest absolute Gasteiger partial charge is 0.335 e. The Morgan fingerprint density at radius 3 is 2.48 bits per heavy atom. The molecule has 0 fully saturated rings. The Balaban J connectivity index is 2.44. The molecule has 0 aliphatic carbocycles. The predicted octanol–water partition coefficient (Wildman–Crippen LogP) is 3.12. The van der Waals surface area contributed by atoms with Crippen LogP contribution in [-0.2, 0) is 10.0 Å². The molecule has 0 atom stereocenters.